The van der Waals surface area contributed by atoms with Crippen molar-refractivity contribution >= 4 is 0 Å². The first-order chi connectivity index (χ1) is 9.69. The molecule has 1 aliphatic heterocycles. The van der Waals surface area contributed by atoms with Crippen LogP contribution in [0, 0.1) is 11.3 Å². The number of aliphatic hydroxyl groups excluding tert-OH is 1. The molecule has 4 nitrogen and oxygen atoms in total. The number of nitrogens with one attached hydrogen (secondary N) is 1. The summed E-state index contributed by atoms with van der Waals surface area (Å²) < 4.78 is 0. The van der Waals surface area contributed by atoms with Crippen molar-refractivity contribution in [1.29, 1.82) is 5.26 Å². The Morgan fingerprint density at radius 3 is 2.85 bits per heavy atom. The van der Waals surface area contributed by atoms with Crippen LogP contribution in [0.3, 0.4) is 0 Å². The normalized spacial score (nSPS) is 18.6. The van der Waals surface area contributed by atoms with Crippen molar-refractivity contribution in [1.82, 2.24) is 10.2 Å². The second-order valence-electron chi connectivity index (χ2n) is 5.53. The molecule has 1 aliphatic rings. The van der Waals surface area contributed by atoms with Gasteiger partial charge in [0.15, 0.2) is 0 Å². The van der Waals surface area contributed by atoms with Crippen molar-refractivity contribution < 1.29 is 5.11 Å². The highest BCUT2D eigenvalue weighted by atomic mass is 16.3. The Labute approximate surface area is 121 Å². The fraction of sp³-hybridized carbons (Fsp3) is 0.562. The van der Waals surface area contributed by atoms with Gasteiger partial charge in [-0.25, -0.2) is 0 Å². The van der Waals surface area contributed by atoms with E-state index < -0.39 is 0 Å². The third-order valence-corrected chi connectivity index (χ3v) is 3.84. The predicted octanol–water partition coefficient (Wildman–Crippen LogP) is 1.67. The number of β-amino-alcohol motifs (C(OH)–C–C–N with tert-alkyl or cyclic N) is 1. The highest BCUT2D eigenvalue weighted by Crippen LogP contribution is 2.14. The number of hydrogen-bond acceptors (Lipinski definition) is 4. The molecule has 1 heterocycles. The predicted molar refractivity (Wildman–Crippen MR) is 79.3 cm³/mol. The van der Waals surface area contributed by atoms with E-state index in [-0.39, 0.29) is 12.1 Å². The maximum absolute atomic E-state index is 10.0. The van der Waals surface area contributed by atoms with Gasteiger partial charge in [0.05, 0.1) is 17.7 Å². The Bertz CT molecular complexity index is 463. The largest absolute Gasteiger partial charge is 0.390 e. The smallest absolute Gasteiger partial charge is 0.0991 e. The molecule has 108 valence electrons. The maximum Gasteiger partial charge on any atom is 0.0991 e. The van der Waals surface area contributed by atoms with Crippen LogP contribution in [-0.2, 0) is 0 Å². The zero-order valence-electron chi connectivity index (χ0n) is 12.0. The molecule has 2 N–H and O–H groups in total. The fourth-order valence-electron chi connectivity index (χ4n) is 2.64. The van der Waals surface area contributed by atoms with E-state index in [1.165, 1.54) is 12.8 Å². The van der Waals surface area contributed by atoms with Gasteiger partial charge in [-0.2, -0.15) is 5.26 Å². The third-order valence-electron chi connectivity index (χ3n) is 3.84. The van der Waals surface area contributed by atoms with Crippen molar-refractivity contribution in [2.24, 2.45) is 0 Å². The van der Waals surface area contributed by atoms with Gasteiger partial charge in [0, 0.05) is 19.1 Å². The molecule has 0 amide bonds. The molecule has 4 heteroatoms. The van der Waals surface area contributed by atoms with Gasteiger partial charge in [-0.05, 0) is 50.6 Å². The van der Waals surface area contributed by atoms with Crippen LogP contribution in [0.25, 0.3) is 0 Å². The first-order valence-corrected chi connectivity index (χ1v) is 7.33. The van der Waals surface area contributed by atoms with Gasteiger partial charge < -0.3 is 15.3 Å². The zero-order valence-corrected chi connectivity index (χ0v) is 12.0. The number of rotatable bonds is 6. The molecule has 20 heavy (non-hydrogen) atoms. The summed E-state index contributed by atoms with van der Waals surface area (Å²) in [4.78, 5) is 2.31. The molecule has 1 aromatic carbocycles. The molecular weight excluding hydrogens is 250 g/mol. The molecule has 2 atom stereocenters. The number of benzene rings is 1. The van der Waals surface area contributed by atoms with Gasteiger partial charge in [0.25, 0.3) is 0 Å². The standard InChI is InChI=1S/C16H23N3O/c1-13(15-6-4-5-14(9-15)10-17)18-11-16(20)12-19-7-2-3-8-19/h4-6,9,13,16,18,20H,2-3,7-8,11-12H2,1H3. The van der Waals surface area contributed by atoms with Gasteiger partial charge in [-0.3, -0.25) is 0 Å². The molecular formula is C16H23N3O. The molecule has 0 spiro atoms. The van der Waals surface area contributed by atoms with Crippen LogP contribution < -0.4 is 5.32 Å². The van der Waals surface area contributed by atoms with E-state index in [2.05, 4.69) is 23.2 Å². The van der Waals surface area contributed by atoms with Crippen molar-refractivity contribution in [3.8, 4) is 6.07 Å². The van der Waals surface area contributed by atoms with Crippen LogP contribution in [0.2, 0.25) is 0 Å². The van der Waals surface area contributed by atoms with E-state index in [1.807, 2.05) is 18.2 Å². The van der Waals surface area contributed by atoms with Crippen molar-refractivity contribution in [3.05, 3.63) is 35.4 Å². The number of hydrogen-bond donors (Lipinski definition) is 2. The SMILES string of the molecule is CC(NCC(O)CN1CCCC1)c1cccc(C#N)c1. The van der Waals surface area contributed by atoms with Gasteiger partial charge in [-0.1, -0.05) is 12.1 Å². The average molecular weight is 273 g/mol. The topological polar surface area (TPSA) is 59.3 Å². The number of aliphatic hydroxyl groups is 1. The maximum atomic E-state index is 10.0. The lowest BCUT2D eigenvalue weighted by molar-refractivity contribution is 0.121. The lowest BCUT2D eigenvalue weighted by atomic mass is 10.1. The summed E-state index contributed by atoms with van der Waals surface area (Å²) in [5.41, 5.74) is 1.76. The van der Waals surface area contributed by atoms with E-state index in [4.69, 9.17) is 5.26 Å². The minimum absolute atomic E-state index is 0.136. The highest BCUT2D eigenvalue weighted by molar-refractivity contribution is 5.33. The van der Waals surface area contributed by atoms with Crippen molar-refractivity contribution in [3.63, 3.8) is 0 Å². The molecule has 0 saturated carbocycles. The van der Waals surface area contributed by atoms with E-state index >= 15 is 0 Å². The van der Waals surface area contributed by atoms with E-state index in [9.17, 15) is 5.11 Å². The molecule has 1 aromatic rings. The van der Waals surface area contributed by atoms with Crippen molar-refractivity contribution in [2.75, 3.05) is 26.2 Å². The summed E-state index contributed by atoms with van der Waals surface area (Å²) in [6.45, 7) is 5.60. The Kier molecular flexibility index (Phi) is 5.54. The highest BCUT2D eigenvalue weighted by Gasteiger charge is 2.16. The summed E-state index contributed by atoms with van der Waals surface area (Å²) in [6, 6.07) is 9.89. The molecule has 2 rings (SSSR count). The van der Waals surface area contributed by atoms with Crippen LogP contribution in [-0.4, -0.2) is 42.3 Å². The first kappa shape index (κ1) is 15.0. The molecule has 1 fully saturated rings. The van der Waals surface area contributed by atoms with Gasteiger partial charge >= 0.3 is 0 Å². The molecule has 0 aliphatic carbocycles. The fourth-order valence-corrected chi connectivity index (χ4v) is 2.64. The Hall–Kier alpha value is -1.41. The lowest BCUT2D eigenvalue weighted by Crippen LogP contribution is -2.37. The van der Waals surface area contributed by atoms with Crippen LogP contribution in [0.15, 0.2) is 24.3 Å². The molecule has 2 unspecified atom stereocenters. The van der Waals surface area contributed by atoms with E-state index in [1.54, 1.807) is 6.07 Å². The molecule has 1 saturated heterocycles. The minimum Gasteiger partial charge on any atom is -0.390 e. The summed E-state index contributed by atoms with van der Waals surface area (Å²) in [5, 5.41) is 22.3. The summed E-state index contributed by atoms with van der Waals surface area (Å²) in [6.07, 6.45) is 2.16. The summed E-state index contributed by atoms with van der Waals surface area (Å²) in [7, 11) is 0. The van der Waals surface area contributed by atoms with Crippen LogP contribution in [0.1, 0.15) is 36.9 Å². The minimum atomic E-state index is -0.338. The number of nitriles is 1. The second kappa shape index (κ2) is 7.39. The second-order valence-corrected chi connectivity index (χ2v) is 5.53. The Morgan fingerprint density at radius 2 is 2.15 bits per heavy atom. The number of nitrogens with zero attached hydrogens (tertiary/aromatic N) is 2. The van der Waals surface area contributed by atoms with Gasteiger partial charge in [0.1, 0.15) is 0 Å². The number of likely N-dealkylation sites (tertiary alicyclic amines) is 1. The van der Waals surface area contributed by atoms with Crippen LogP contribution in [0.4, 0.5) is 0 Å². The lowest BCUT2D eigenvalue weighted by Gasteiger charge is -2.22. The quantitative estimate of drug-likeness (QED) is 0.827. The van der Waals surface area contributed by atoms with Gasteiger partial charge in [-0.15, -0.1) is 0 Å². The van der Waals surface area contributed by atoms with Crippen LogP contribution in [0.5, 0.6) is 0 Å². The molecule has 0 aromatic heterocycles. The van der Waals surface area contributed by atoms with Crippen molar-refractivity contribution in [2.45, 2.75) is 31.9 Å². The molecule has 0 radical (unpaired) electrons. The molecule has 0 bridgehead atoms. The average Bonchev–Trinajstić information content (AvgIpc) is 2.97. The third kappa shape index (κ3) is 4.31. The summed E-state index contributed by atoms with van der Waals surface area (Å²) in [5.74, 6) is 0. The van der Waals surface area contributed by atoms with Gasteiger partial charge in [0.2, 0.25) is 0 Å². The summed E-state index contributed by atoms with van der Waals surface area (Å²) >= 11 is 0. The zero-order chi connectivity index (χ0) is 14.4. The van der Waals surface area contributed by atoms with Crippen LogP contribution >= 0.6 is 0 Å². The van der Waals surface area contributed by atoms with E-state index in [0.717, 1.165) is 25.2 Å². The first-order valence-electron chi connectivity index (χ1n) is 7.33. The Balaban J connectivity index is 1.78. The monoisotopic (exact) mass is 273 g/mol. The van der Waals surface area contributed by atoms with E-state index in [0.29, 0.717) is 12.1 Å². The Morgan fingerprint density at radius 1 is 1.40 bits per heavy atom.